The van der Waals surface area contributed by atoms with Crippen molar-refractivity contribution in [2.24, 2.45) is 11.3 Å². The van der Waals surface area contributed by atoms with Gasteiger partial charge in [0.1, 0.15) is 12.3 Å². The summed E-state index contributed by atoms with van der Waals surface area (Å²) in [6, 6.07) is 12.0. The molecule has 1 aromatic carbocycles. The van der Waals surface area contributed by atoms with E-state index in [0.717, 1.165) is 12.0 Å². The van der Waals surface area contributed by atoms with E-state index in [2.05, 4.69) is 57.5 Å². The number of likely N-dealkylation sites (tertiary alicyclic amines) is 1. The molecule has 1 aliphatic heterocycles. The molecule has 0 bridgehead atoms. The zero-order valence-corrected chi connectivity index (χ0v) is 28.7. The summed E-state index contributed by atoms with van der Waals surface area (Å²) in [6.07, 6.45) is 9.12. The lowest BCUT2D eigenvalue weighted by atomic mass is 10.0. The fourth-order valence-corrected chi connectivity index (χ4v) is 3.56. The maximum absolute atomic E-state index is 11.5. The Morgan fingerprint density at radius 2 is 1.53 bits per heavy atom. The molecule has 2 aliphatic rings. The maximum atomic E-state index is 11.5. The smallest absolute Gasteiger partial charge is 0.243 e. The van der Waals surface area contributed by atoms with Crippen LogP contribution in [0.5, 0.6) is 0 Å². The summed E-state index contributed by atoms with van der Waals surface area (Å²) in [5.41, 5.74) is 1.66. The van der Waals surface area contributed by atoms with Gasteiger partial charge in [-0.1, -0.05) is 99.3 Å². The number of para-hydroxylation sites is 1. The SMILES string of the molecule is CC.CC(=O)NC1CCCC1.CC(C)(C)C.CCCC.CNc1ccccc1.N#CC1CC(C=O)CN1C(=O)CNC=O. The molecule has 43 heavy (non-hydrogen) atoms. The predicted octanol–water partition coefficient (Wildman–Crippen LogP) is 6.35. The van der Waals surface area contributed by atoms with Gasteiger partial charge in [-0.25, -0.2) is 0 Å². The van der Waals surface area contributed by atoms with Crippen molar-refractivity contribution < 1.29 is 19.2 Å². The van der Waals surface area contributed by atoms with Gasteiger partial charge >= 0.3 is 0 Å². The molecule has 0 radical (unpaired) electrons. The summed E-state index contributed by atoms with van der Waals surface area (Å²) in [5.74, 6) is -0.491. The summed E-state index contributed by atoms with van der Waals surface area (Å²) in [6.45, 7) is 18.8. The quantitative estimate of drug-likeness (QED) is 0.311. The number of rotatable bonds is 7. The predicted molar refractivity (Wildman–Crippen MR) is 178 cm³/mol. The second-order valence-electron chi connectivity index (χ2n) is 11.6. The molecule has 1 aromatic rings. The van der Waals surface area contributed by atoms with Crippen LogP contribution in [0.15, 0.2) is 30.3 Å². The summed E-state index contributed by atoms with van der Waals surface area (Å²) >= 11 is 0. The first-order chi connectivity index (χ1) is 20.4. The number of anilines is 1. The number of hydrogen-bond acceptors (Lipinski definition) is 6. The highest BCUT2D eigenvalue weighted by Crippen LogP contribution is 2.21. The molecule has 9 heteroatoms. The average Bonchev–Trinajstić information content (AvgIpc) is 3.67. The zero-order chi connectivity index (χ0) is 33.7. The van der Waals surface area contributed by atoms with Crippen molar-refractivity contribution in [3.05, 3.63) is 30.3 Å². The molecule has 2 atom stereocenters. The van der Waals surface area contributed by atoms with Gasteiger partial charge in [-0.15, -0.1) is 0 Å². The number of carbonyl (C=O) groups is 4. The minimum absolute atomic E-state index is 0.113. The minimum Gasteiger partial charge on any atom is -0.388 e. The number of carbonyl (C=O) groups excluding carboxylic acids is 4. The Hall–Kier alpha value is -3.41. The van der Waals surface area contributed by atoms with Crippen LogP contribution in [0.3, 0.4) is 0 Å². The Morgan fingerprint density at radius 1 is 1.02 bits per heavy atom. The normalized spacial score (nSPS) is 16.5. The number of nitrogens with zero attached hydrogens (tertiary/aromatic N) is 2. The number of aldehydes is 1. The first-order valence-electron chi connectivity index (χ1n) is 15.7. The van der Waals surface area contributed by atoms with Crippen LogP contribution in [0.2, 0.25) is 0 Å². The highest BCUT2D eigenvalue weighted by Gasteiger charge is 2.34. The third-order valence-corrected chi connectivity index (χ3v) is 5.66. The summed E-state index contributed by atoms with van der Waals surface area (Å²) in [7, 11) is 1.91. The van der Waals surface area contributed by atoms with Crippen LogP contribution < -0.4 is 16.0 Å². The molecular weight excluding hydrogens is 542 g/mol. The van der Waals surface area contributed by atoms with Crippen molar-refractivity contribution in [2.75, 3.05) is 25.5 Å². The van der Waals surface area contributed by atoms with Crippen LogP contribution in [0, 0.1) is 22.7 Å². The summed E-state index contributed by atoms with van der Waals surface area (Å²) < 4.78 is 0. The average molecular weight is 604 g/mol. The number of amides is 3. The van der Waals surface area contributed by atoms with Gasteiger partial charge in [0.05, 0.1) is 12.6 Å². The van der Waals surface area contributed by atoms with E-state index in [4.69, 9.17) is 5.26 Å². The second-order valence-corrected chi connectivity index (χ2v) is 11.6. The van der Waals surface area contributed by atoms with Gasteiger partial charge in [0, 0.05) is 38.2 Å². The summed E-state index contributed by atoms with van der Waals surface area (Å²) in [4.78, 5) is 43.8. The van der Waals surface area contributed by atoms with Crippen molar-refractivity contribution >= 4 is 30.2 Å². The molecule has 2 fully saturated rings. The molecule has 2 unspecified atom stereocenters. The molecule has 1 saturated heterocycles. The molecule has 3 N–H and O–H groups in total. The second kappa shape index (κ2) is 28.7. The minimum atomic E-state index is -0.554. The topological polar surface area (TPSA) is 131 Å². The van der Waals surface area contributed by atoms with Crippen molar-refractivity contribution in [3.63, 3.8) is 0 Å². The van der Waals surface area contributed by atoms with Crippen molar-refractivity contribution in [3.8, 4) is 6.07 Å². The Balaban J connectivity index is -0.000000494. The fraction of sp³-hybridized carbons (Fsp3) is 0.676. The van der Waals surface area contributed by atoms with E-state index in [-0.39, 0.29) is 30.8 Å². The largest absolute Gasteiger partial charge is 0.388 e. The Labute approximate surface area is 262 Å². The highest BCUT2D eigenvalue weighted by molar-refractivity contribution is 5.81. The lowest BCUT2D eigenvalue weighted by Gasteiger charge is -2.18. The van der Waals surface area contributed by atoms with Gasteiger partial charge in [0.15, 0.2) is 0 Å². The van der Waals surface area contributed by atoms with Gasteiger partial charge in [-0.2, -0.15) is 5.26 Å². The Bertz CT molecular complexity index is 867. The maximum Gasteiger partial charge on any atom is 0.243 e. The summed E-state index contributed by atoms with van der Waals surface area (Å²) in [5, 5.41) is 16.9. The zero-order valence-electron chi connectivity index (χ0n) is 28.7. The van der Waals surface area contributed by atoms with Gasteiger partial charge in [-0.3, -0.25) is 14.4 Å². The molecule has 9 nitrogen and oxygen atoms in total. The molecule has 3 amide bonds. The monoisotopic (exact) mass is 603 g/mol. The molecule has 0 aromatic heterocycles. The van der Waals surface area contributed by atoms with Crippen LogP contribution in [-0.4, -0.2) is 61.6 Å². The van der Waals surface area contributed by atoms with Crippen LogP contribution in [0.4, 0.5) is 5.69 Å². The van der Waals surface area contributed by atoms with E-state index in [1.54, 1.807) is 6.92 Å². The molecule has 3 rings (SSSR count). The van der Waals surface area contributed by atoms with Crippen LogP contribution in [0.1, 0.15) is 107 Å². The van der Waals surface area contributed by atoms with E-state index >= 15 is 0 Å². The molecule has 1 aliphatic carbocycles. The van der Waals surface area contributed by atoms with E-state index in [0.29, 0.717) is 24.3 Å². The molecule has 1 saturated carbocycles. The van der Waals surface area contributed by atoms with Crippen LogP contribution in [-0.2, 0) is 19.2 Å². The van der Waals surface area contributed by atoms with E-state index in [1.807, 2.05) is 57.3 Å². The number of hydrogen-bond donors (Lipinski definition) is 3. The van der Waals surface area contributed by atoms with E-state index in [1.165, 1.54) is 43.4 Å². The van der Waals surface area contributed by atoms with Crippen molar-refractivity contribution in [2.45, 2.75) is 119 Å². The molecule has 0 spiro atoms. The van der Waals surface area contributed by atoms with E-state index < -0.39 is 6.04 Å². The Morgan fingerprint density at radius 3 is 1.88 bits per heavy atom. The lowest BCUT2D eigenvalue weighted by molar-refractivity contribution is -0.131. The van der Waals surface area contributed by atoms with Crippen LogP contribution >= 0.6 is 0 Å². The van der Waals surface area contributed by atoms with Gasteiger partial charge in [-0.05, 0) is 36.8 Å². The number of unbranched alkanes of at least 4 members (excludes halogenated alkanes) is 1. The fourth-order valence-electron chi connectivity index (χ4n) is 3.56. The number of nitrogens with one attached hydrogen (secondary N) is 3. The first-order valence-corrected chi connectivity index (χ1v) is 15.7. The standard InChI is InChI=1S/C9H11N3O3.C7H13NO.C7H9N.C5H12.C4H10.C2H6/c10-2-8-1-7(5-13)4-12(8)9(15)3-11-6-14;1-6(9)8-7-4-2-3-5-7;1-8-7-5-3-2-4-6-7;1-5(2,3)4;1-3-4-2;1-2/h5-8H,1,3-4H2,(H,11,14);7H,2-5H2,1H3,(H,8,9);2-6,8H,1H3;1-4H3;3-4H2,1-2H3;1-2H3. The third-order valence-electron chi connectivity index (χ3n) is 5.66. The number of benzene rings is 1. The van der Waals surface area contributed by atoms with Gasteiger partial charge in [0.2, 0.25) is 18.2 Å². The molecular formula is C34H61N5O4. The molecule has 246 valence electrons. The van der Waals surface area contributed by atoms with Crippen molar-refractivity contribution in [1.29, 1.82) is 5.26 Å². The highest BCUT2D eigenvalue weighted by atomic mass is 16.2. The van der Waals surface area contributed by atoms with E-state index in [9.17, 15) is 19.2 Å². The lowest BCUT2D eigenvalue weighted by Crippen LogP contribution is -2.40. The van der Waals surface area contributed by atoms with Crippen LogP contribution in [0.25, 0.3) is 0 Å². The molecule has 1 heterocycles. The van der Waals surface area contributed by atoms with Crippen molar-refractivity contribution in [1.82, 2.24) is 15.5 Å². The Kier molecular flexibility index (Phi) is 29.4. The third kappa shape index (κ3) is 28.5. The first kappa shape index (κ1) is 44.0. The number of nitriles is 1. The van der Waals surface area contributed by atoms with Gasteiger partial charge < -0.3 is 25.6 Å². The van der Waals surface area contributed by atoms with Gasteiger partial charge in [0.25, 0.3) is 0 Å².